The Labute approximate surface area is 552 Å². The van der Waals surface area contributed by atoms with Crippen molar-refractivity contribution < 1.29 is 17.7 Å². The van der Waals surface area contributed by atoms with E-state index in [4.69, 9.17) is 17.7 Å². The van der Waals surface area contributed by atoms with Crippen molar-refractivity contribution in [3.63, 3.8) is 0 Å². The van der Waals surface area contributed by atoms with Crippen LogP contribution < -0.4 is 14.7 Å². The maximum atomic E-state index is 6.56. The van der Waals surface area contributed by atoms with Gasteiger partial charge in [-0.1, -0.05) is 152 Å². The fourth-order valence-electron chi connectivity index (χ4n) is 11.8. The molecular formula is C81H55N11O4. The van der Waals surface area contributed by atoms with Gasteiger partial charge in [0, 0.05) is 95.7 Å². The first-order valence-electron chi connectivity index (χ1n) is 31.2. The molecule has 15 nitrogen and oxygen atoms in total. The van der Waals surface area contributed by atoms with Crippen LogP contribution in [0.5, 0.6) is 0 Å². The number of para-hydroxylation sites is 2. The van der Waals surface area contributed by atoms with Crippen LogP contribution in [-0.2, 0) is 0 Å². The van der Waals surface area contributed by atoms with Crippen molar-refractivity contribution in [2.75, 3.05) is 14.7 Å². The van der Waals surface area contributed by atoms with Crippen LogP contribution in [0.4, 0.5) is 51.2 Å². The molecule has 12 aromatic carbocycles. The Morgan fingerprint density at radius 2 is 0.417 bits per heavy atom. The molecule has 0 aliphatic carbocycles. The summed E-state index contributed by atoms with van der Waals surface area (Å²) in [5.74, 6) is 2.43. The first-order chi connectivity index (χ1) is 47.4. The third-order valence-corrected chi connectivity index (χ3v) is 16.3. The summed E-state index contributed by atoms with van der Waals surface area (Å²) >= 11 is 0. The highest BCUT2D eigenvalue weighted by Crippen LogP contribution is 2.46. The van der Waals surface area contributed by atoms with Crippen molar-refractivity contribution in [2.24, 2.45) is 0 Å². The molecule has 0 amide bonds. The molecule has 0 N–H and O–H groups in total. The van der Waals surface area contributed by atoms with Crippen LogP contribution in [0.2, 0.25) is 0 Å². The van der Waals surface area contributed by atoms with Crippen LogP contribution in [0.25, 0.3) is 103 Å². The predicted molar refractivity (Wildman–Crippen MR) is 376 cm³/mol. The number of aromatic nitrogens is 8. The molecule has 16 aromatic rings. The Morgan fingerprint density at radius 3 is 0.719 bits per heavy atom. The second kappa shape index (κ2) is 25.7. The van der Waals surface area contributed by atoms with Gasteiger partial charge in [0.1, 0.15) is 0 Å². The lowest BCUT2D eigenvalue weighted by Crippen LogP contribution is -2.13. The Hall–Kier alpha value is -13.4. The topological polar surface area (TPSA) is 165 Å². The number of rotatable bonds is 18. The highest BCUT2D eigenvalue weighted by molar-refractivity contribution is 5.89. The van der Waals surface area contributed by atoms with E-state index in [2.05, 4.69) is 196 Å². The van der Waals surface area contributed by atoms with Gasteiger partial charge in [0.2, 0.25) is 47.1 Å². The molecule has 0 saturated carbocycles. The van der Waals surface area contributed by atoms with Crippen LogP contribution in [0.1, 0.15) is 5.56 Å². The highest BCUT2D eigenvalue weighted by atomic mass is 16.4. The van der Waals surface area contributed by atoms with E-state index in [9.17, 15) is 0 Å². The third kappa shape index (κ3) is 12.0. The number of anilines is 9. The van der Waals surface area contributed by atoms with Crippen LogP contribution in [0, 0.1) is 6.92 Å². The number of benzene rings is 12. The van der Waals surface area contributed by atoms with Crippen LogP contribution in [0.15, 0.2) is 333 Å². The van der Waals surface area contributed by atoms with E-state index in [-0.39, 0.29) is 23.6 Å². The fourth-order valence-corrected chi connectivity index (χ4v) is 11.8. The lowest BCUT2D eigenvalue weighted by molar-refractivity contribution is 0.582. The predicted octanol–water partition coefficient (Wildman–Crippen LogP) is 20.9. The van der Waals surface area contributed by atoms with Crippen molar-refractivity contribution >= 4 is 51.2 Å². The van der Waals surface area contributed by atoms with Crippen molar-refractivity contribution in [1.82, 2.24) is 40.8 Å². The van der Waals surface area contributed by atoms with Crippen LogP contribution >= 0.6 is 0 Å². The van der Waals surface area contributed by atoms with Gasteiger partial charge in [0.15, 0.2) is 0 Å². The van der Waals surface area contributed by atoms with Crippen LogP contribution in [-0.4, -0.2) is 40.8 Å². The number of nitrogens with zero attached hydrogens (tertiary/aromatic N) is 11. The quantitative estimate of drug-likeness (QED) is 0.0796. The molecule has 0 aliphatic heterocycles. The molecule has 4 aromatic heterocycles. The second-order valence-electron chi connectivity index (χ2n) is 22.8. The van der Waals surface area contributed by atoms with Gasteiger partial charge in [0.05, 0.1) is 0 Å². The monoisotopic (exact) mass is 1250 g/mol. The lowest BCUT2D eigenvalue weighted by Gasteiger charge is -2.30. The van der Waals surface area contributed by atoms with Crippen molar-refractivity contribution in [3.8, 4) is 103 Å². The zero-order chi connectivity index (χ0) is 64.2. The molecule has 0 spiro atoms. The maximum absolute atomic E-state index is 6.56. The standard InChI is InChI=1S/C81H55N11O4/c1-54-22-20-35-69(46-54)90(65-31-16-6-17-32-65)67-42-38-55(39-43-67)56-40-44-68(45-41-56)91(66-33-18-7-19-34-66)70-36-21-37-71(53-70)92(72-49-61(78-86-82-74(93-78)57-23-8-2-9-24-57)47-62(50-72)79-87-83-75(94-79)58-25-10-3-11-26-58)73-51-63(80-88-84-76(95-80)59-27-12-4-13-28-59)48-64(52-73)81-89-85-77(96-81)60-29-14-5-15-30-60/h2-53H,1H3. The average Bonchev–Trinajstić information content (AvgIpc) is 1.13. The zero-order valence-corrected chi connectivity index (χ0v) is 51.6. The van der Waals surface area contributed by atoms with E-state index in [1.807, 2.05) is 182 Å². The fraction of sp³-hybridized carbons (Fsp3) is 0.0123. The summed E-state index contributed by atoms with van der Waals surface area (Å²) in [5.41, 5.74) is 16.7. The molecule has 0 aliphatic rings. The molecule has 15 heteroatoms. The van der Waals surface area contributed by atoms with E-state index in [1.54, 1.807) is 0 Å². The summed E-state index contributed by atoms with van der Waals surface area (Å²) in [6.45, 7) is 2.12. The van der Waals surface area contributed by atoms with Gasteiger partial charge < -0.3 is 32.4 Å². The molecule has 0 fully saturated rings. The summed E-state index contributed by atoms with van der Waals surface area (Å²) in [6.07, 6.45) is 0. The summed E-state index contributed by atoms with van der Waals surface area (Å²) in [4.78, 5) is 6.66. The molecule has 458 valence electrons. The van der Waals surface area contributed by atoms with Crippen molar-refractivity contribution in [2.45, 2.75) is 6.92 Å². The molecule has 0 unspecified atom stereocenters. The lowest BCUT2D eigenvalue weighted by atomic mass is 10.0. The minimum absolute atomic E-state index is 0.257. The van der Waals surface area contributed by atoms with E-state index in [1.165, 1.54) is 5.56 Å². The first-order valence-corrected chi connectivity index (χ1v) is 31.2. The minimum Gasteiger partial charge on any atom is -0.416 e. The summed E-state index contributed by atoms with van der Waals surface area (Å²) in [5, 5.41) is 36.8. The SMILES string of the molecule is Cc1cccc(N(c2ccccc2)c2ccc(-c3ccc(N(c4ccccc4)c4cccc(N(c5cc(-c6nnc(-c7ccccc7)o6)cc(-c6nnc(-c7ccccc7)o6)c5)c5cc(-c6nnc(-c7ccccc7)o6)cc(-c6nnc(-c7ccccc7)o6)c5)c4)cc3)cc2)c1. The minimum atomic E-state index is 0.257. The van der Waals surface area contributed by atoms with Crippen molar-refractivity contribution in [3.05, 3.63) is 321 Å². The summed E-state index contributed by atoms with van der Waals surface area (Å²) in [6, 6.07) is 106. The highest BCUT2D eigenvalue weighted by Gasteiger charge is 2.26. The van der Waals surface area contributed by atoms with Gasteiger partial charge in [0.25, 0.3) is 0 Å². The molecular weight excluding hydrogens is 1190 g/mol. The molecule has 16 rings (SSSR count). The van der Waals surface area contributed by atoms with E-state index < -0.39 is 0 Å². The van der Waals surface area contributed by atoms with Crippen LogP contribution in [0.3, 0.4) is 0 Å². The smallest absolute Gasteiger partial charge is 0.248 e. The second-order valence-corrected chi connectivity index (χ2v) is 22.8. The maximum Gasteiger partial charge on any atom is 0.248 e. The number of hydrogen-bond donors (Lipinski definition) is 0. The molecule has 0 atom stereocenters. The van der Waals surface area contributed by atoms with Gasteiger partial charge in [-0.15, -0.1) is 40.8 Å². The summed E-state index contributed by atoms with van der Waals surface area (Å²) in [7, 11) is 0. The van der Waals surface area contributed by atoms with Gasteiger partial charge in [-0.2, -0.15) is 0 Å². The van der Waals surface area contributed by atoms with E-state index in [0.717, 1.165) is 73.2 Å². The zero-order valence-electron chi connectivity index (χ0n) is 51.6. The Morgan fingerprint density at radius 1 is 0.177 bits per heavy atom. The van der Waals surface area contributed by atoms with Gasteiger partial charge in [-0.05, 0) is 187 Å². The van der Waals surface area contributed by atoms with Gasteiger partial charge in [-0.25, -0.2) is 0 Å². The first kappa shape index (κ1) is 57.7. The third-order valence-electron chi connectivity index (χ3n) is 16.3. The molecule has 96 heavy (non-hydrogen) atoms. The Kier molecular flexibility index (Phi) is 15.5. The Balaban J connectivity index is 0.859. The van der Waals surface area contributed by atoms with Gasteiger partial charge >= 0.3 is 0 Å². The number of hydrogen-bond acceptors (Lipinski definition) is 15. The normalized spacial score (nSPS) is 11.2. The number of aryl methyl sites for hydroxylation is 1. The largest absolute Gasteiger partial charge is 0.416 e. The molecule has 0 bridgehead atoms. The Bertz CT molecular complexity index is 4930. The van der Waals surface area contributed by atoms with E-state index in [0.29, 0.717) is 57.2 Å². The van der Waals surface area contributed by atoms with E-state index >= 15 is 0 Å². The van der Waals surface area contributed by atoms with Gasteiger partial charge in [-0.3, -0.25) is 0 Å². The molecule has 0 radical (unpaired) electrons. The van der Waals surface area contributed by atoms with Crippen molar-refractivity contribution in [1.29, 1.82) is 0 Å². The molecule has 0 saturated heterocycles. The molecule has 4 heterocycles. The average molecular weight is 1250 g/mol. The summed E-state index contributed by atoms with van der Waals surface area (Å²) < 4.78 is 26.3.